The quantitative estimate of drug-likeness (QED) is 0.183. The van der Waals surface area contributed by atoms with Crippen LogP contribution in [-0.2, 0) is 9.53 Å². The van der Waals surface area contributed by atoms with Crippen molar-refractivity contribution < 1.29 is 19.1 Å². The lowest BCUT2D eigenvalue weighted by Crippen LogP contribution is -2.45. The molecule has 5 aromatic heterocycles. The number of aromatic nitrogens is 5. The zero-order valence-corrected chi connectivity index (χ0v) is 29.9. The average Bonchev–Trinajstić information content (AvgIpc) is 3.47. The maximum atomic E-state index is 13.4. The SMILES string of the molecule is COc1ncccc1-c1nc2cc(C)ccn2c1-c1ccc(NC(=O)C(C)N(C)C(=O)OC(C)(C)C)nc1C#Cc1ccc2nc(C)ccc2c1. The monoisotopic (exact) mass is 681 g/mol. The number of fused-ring (bicyclic) bond motifs is 2. The number of pyridine rings is 4. The van der Waals surface area contributed by atoms with Gasteiger partial charge in [0, 0.05) is 41.6 Å². The second-order valence-electron chi connectivity index (χ2n) is 13.3. The molecule has 0 fully saturated rings. The van der Waals surface area contributed by atoms with Gasteiger partial charge in [0.05, 0.1) is 23.9 Å². The van der Waals surface area contributed by atoms with Crippen molar-refractivity contribution in [2.45, 2.75) is 53.2 Å². The summed E-state index contributed by atoms with van der Waals surface area (Å²) in [6.07, 6.45) is 3.01. The van der Waals surface area contributed by atoms with E-state index in [2.05, 4.69) is 27.1 Å². The Morgan fingerprint density at radius 1 is 0.941 bits per heavy atom. The minimum absolute atomic E-state index is 0.265. The Hall–Kier alpha value is -6.28. The van der Waals surface area contributed by atoms with Crippen LogP contribution in [0.1, 0.15) is 50.2 Å². The third-order valence-corrected chi connectivity index (χ3v) is 8.20. The average molecular weight is 682 g/mol. The molecular formula is C40H39N7O4. The Bertz CT molecular complexity index is 2370. The van der Waals surface area contributed by atoms with E-state index in [0.717, 1.165) is 39.1 Å². The molecule has 2 amide bonds. The first-order valence-corrected chi connectivity index (χ1v) is 16.5. The molecule has 11 heteroatoms. The number of amides is 2. The van der Waals surface area contributed by atoms with E-state index < -0.39 is 23.6 Å². The van der Waals surface area contributed by atoms with E-state index in [0.29, 0.717) is 28.4 Å². The van der Waals surface area contributed by atoms with Crippen LogP contribution < -0.4 is 10.1 Å². The highest BCUT2D eigenvalue weighted by Gasteiger charge is 2.28. The molecule has 1 aromatic carbocycles. The van der Waals surface area contributed by atoms with E-state index in [-0.39, 0.29) is 5.82 Å². The molecule has 0 saturated heterocycles. The van der Waals surface area contributed by atoms with Crippen molar-refractivity contribution in [2.75, 3.05) is 19.5 Å². The van der Waals surface area contributed by atoms with Gasteiger partial charge in [-0.25, -0.2) is 19.7 Å². The van der Waals surface area contributed by atoms with Gasteiger partial charge < -0.3 is 14.8 Å². The highest BCUT2D eigenvalue weighted by molar-refractivity contribution is 5.96. The molecule has 0 aliphatic carbocycles. The summed E-state index contributed by atoms with van der Waals surface area (Å²) >= 11 is 0. The van der Waals surface area contributed by atoms with Gasteiger partial charge in [-0.05, 0) is 114 Å². The number of nitrogens with zero attached hydrogens (tertiary/aromatic N) is 6. The second-order valence-corrected chi connectivity index (χ2v) is 13.3. The van der Waals surface area contributed by atoms with Gasteiger partial charge in [0.2, 0.25) is 11.8 Å². The summed E-state index contributed by atoms with van der Waals surface area (Å²) in [7, 11) is 3.09. The van der Waals surface area contributed by atoms with E-state index >= 15 is 0 Å². The zero-order valence-electron chi connectivity index (χ0n) is 29.9. The fourth-order valence-corrected chi connectivity index (χ4v) is 5.48. The van der Waals surface area contributed by atoms with E-state index in [1.54, 1.807) is 47.1 Å². The smallest absolute Gasteiger partial charge is 0.410 e. The Balaban J connectivity index is 1.48. The number of methoxy groups -OCH3 is 1. The summed E-state index contributed by atoms with van der Waals surface area (Å²) in [5, 5.41) is 3.83. The number of aryl methyl sites for hydroxylation is 2. The molecule has 6 rings (SSSR count). The summed E-state index contributed by atoms with van der Waals surface area (Å²) in [5.74, 6) is 6.81. The highest BCUT2D eigenvalue weighted by Crippen LogP contribution is 2.38. The first-order valence-electron chi connectivity index (χ1n) is 16.5. The minimum Gasteiger partial charge on any atom is -0.481 e. The zero-order chi connectivity index (χ0) is 36.4. The maximum Gasteiger partial charge on any atom is 0.410 e. The van der Waals surface area contributed by atoms with Crippen molar-refractivity contribution >= 4 is 34.4 Å². The number of anilines is 1. The van der Waals surface area contributed by atoms with Crippen LogP contribution in [-0.4, -0.2) is 67.0 Å². The summed E-state index contributed by atoms with van der Waals surface area (Å²) in [6, 6.07) is 20.3. The third-order valence-electron chi connectivity index (χ3n) is 8.20. The summed E-state index contributed by atoms with van der Waals surface area (Å²) < 4.78 is 13.1. The molecule has 0 spiro atoms. The third kappa shape index (κ3) is 7.50. The van der Waals surface area contributed by atoms with E-state index in [9.17, 15) is 9.59 Å². The van der Waals surface area contributed by atoms with E-state index in [1.807, 2.05) is 85.1 Å². The Labute approximate surface area is 296 Å². The number of imidazole rings is 1. The topological polar surface area (TPSA) is 124 Å². The molecule has 0 bridgehead atoms. The minimum atomic E-state index is -0.850. The molecule has 51 heavy (non-hydrogen) atoms. The standard InChI is InChI=1S/C40H39N7O4/c1-24-19-21-47-34(22-24)45-35(30-10-9-20-41-38(30)50-8)36(47)29-15-18-33(44-37(48)26(3)46(7)39(49)51-40(4,5)6)43-32(29)17-13-27-12-16-31-28(23-27)14-11-25(2)42-31/h9-12,14-16,18-23,26H,1-8H3,(H,43,44,48). The van der Waals surface area contributed by atoms with Crippen LogP contribution >= 0.6 is 0 Å². The van der Waals surface area contributed by atoms with E-state index in [4.69, 9.17) is 19.4 Å². The van der Waals surface area contributed by atoms with Gasteiger partial charge in [-0.1, -0.05) is 12.0 Å². The van der Waals surface area contributed by atoms with Gasteiger partial charge in [0.15, 0.2) is 0 Å². The number of ether oxygens (including phenoxy) is 2. The number of hydrogen-bond acceptors (Lipinski definition) is 8. The van der Waals surface area contributed by atoms with Crippen molar-refractivity contribution in [3.05, 3.63) is 102 Å². The maximum absolute atomic E-state index is 13.4. The number of carbonyl (C=O) groups excluding carboxylic acids is 2. The van der Waals surface area contributed by atoms with Gasteiger partial charge in [-0.2, -0.15) is 0 Å². The van der Waals surface area contributed by atoms with Crippen molar-refractivity contribution in [3.8, 4) is 40.2 Å². The predicted molar refractivity (Wildman–Crippen MR) is 197 cm³/mol. The van der Waals surface area contributed by atoms with Crippen molar-refractivity contribution in [1.29, 1.82) is 0 Å². The van der Waals surface area contributed by atoms with Crippen LogP contribution in [0.4, 0.5) is 10.6 Å². The number of benzene rings is 1. The van der Waals surface area contributed by atoms with E-state index in [1.165, 1.54) is 11.9 Å². The molecule has 0 saturated carbocycles. The van der Waals surface area contributed by atoms with Gasteiger partial charge in [0.25, 0.3) is 0 Å². The van der Waals surface area contributed by atoms with Crippen LogP contribution in [0.25, 0.3) is 39.1 Å². The van der Waals surface area contributed by atoms with Gasteiger partial charge in [0.1, 0.15) is 34.5 Å². The Kier molecular flexibility index (Phi) is 9.44. The van der Waals surface area contributed by atoms with Gasteiger partial charge >= 0.3 is 6.09 Å². The molecule has 0 aliphatic rings. The summed E-state index contributed by atoms with van der Waals surface area (Å²) in [6.45, 7) is 10.9. The molecule has 258 valence electrons. The lowest BCUT2D eigenvalue weighted by molar-refractivity contribution is -0.120. The molecule has 0 radical (unpaired) electrons. The van der Waals surface area contributed by atoms with Crippen LogP contribution in [0, 0.1) is 25.7 Å². The van der Waals surface area contributed by atoms with Crippen molar-refractivity contribution in [3.63, 3.8) is 0 Å². The second kappa shape index (κ2) is 13.9. The molecule has 1 atom stereocenters. The molecule has 11 nitrogen and oxygen atoms in total. The number of hydrogen-bond donors (Lipinski definition) is 1. The highest BCUT2D eigenvalue weighted by atomic mass is 16.6. The van der Waals surface area contributed by atoms with Crippen molar-refractivity contribution in [1.82, 2.24) is 29.2 Å². The number of rotatable bonds is 6. The normalized spacial score (nSPS) is 11.8. The molecule has 5 heterocycles. The molecule has 1 unspecified atom stereocenters. The molecular weight excluding hydrogens is 642 g/mol. The van der Waals surface area contributed by atoms with Crippen molar-refractivity contribution in [2.24, 2.45) is 0 Å². The Morgan fingerprint density at radius 3 is 2.51 bits per heavy atom. The fourth-order valence-electron chi connectivity index (χ4n) is 5.48. The largest absolute Gasteiger partial charge is 0.481 e. The van der Waals surface area contributed by atoms with Crippen LogP contribution in [0.15, 0.2) is 79.1 Å². The molecule has 0 aliphatic heterocycles. The first-order chi connectivity index (χ1) is 24.3. The lowest BCUT2D eigenvalue weighted by Gasteiger charge is -2.28. The van der Waals surface area contributed by atoms with Gasteiger partial charge in [-0.3, -0.25) is 19.1 Å². The number of nitrogens with one attached hydrogen (secondary N) is 1. The van der Waals surface area contributed by atoms with Crippen LogP contribution in [0.3, 0.4) is 0 Å². The summed E-state index contributed by atoms with van der Waals surface area (Å²) in [5.41, 5.74) is 6.77. The molecule has 6 aromatic rings. The lowest BCUT2D eigenvalue weighted by atomic mass is 10.0. The van der Waals surface area contributed by atoms with Crippen LogP contribution in [0.5, 0.6) is 5.88 Å². The van der Waals surface area contributed by atoms with Crippen LogP contribution in [0.2, 0.25) is 0 Å². The first kappa shape index (κ1) is 34.6. The number of carbonyl (C=O) groups is 2. The number of likely N-dealkylation sites (N-methyl/N-ethyl adjacent to an activating group) is 1. The molecule has 1 N–H and O–H groups in total. The summed E-state index contributed by atoms with van der Waals surface area (Å²) in [4.78, 5) is 46.3. The predicted octanol–water partition coefficient (Wildman–Crippen LogP) is 7.23. The van der Waals surface area contributed by atoms with Gasteiger partial charge in [-0.15, -0.1) is 0 Å². The Morgan fingerprint density at radius 2 is 1.75 bits per heavy atom. The fraction of sp³-hybridized carbons (Fsp3) is 0.250.